The van der Waals surface area contributed by atoms with Crippen LogP contribution in [0.3, 0.4) is 0 Å². The van der Waals surface area contributed by atoms with Gasteiger partial charge in [0.2, 0.25) is 12.2 Å². The topological polar surface area (TPSA) is 143 Å². The molecule has 0 aliphatic carbocycles. The fourth-order valence-corrected chi connectivity index (χ4v) is 3.03. The second kappa shape index (κ2) is 11.7. The lowest BCUT2D eigenvalue weighted by Crippen LogP contribution is -2.47. The minimum atomic E-state index is -1.18. The van der Waals surface area contributed by atoms with Crippen LogP contribution in [-0.2, 0) is 30.5 Å². The van der Waals surface area contributed by atoms with Gasteiger partial charge in [-0.1, -0.05) is 19.9 Å². The highest BCUT2D eigenvalue weighted by atomic mass is 16.7. The van der Waals surface area contributed by atoms with E-state index in [0.717, 1.165) is 0 Å². The summed E-state index contributed by atoms with van der Waals surface area (Å²) in [6.45, 7) is 6.96. The van der Waals surface area contributed by atoms with Crippen LogP contribution in [0.2, 0.25) is 0 Å². The largest absolute Gasteiger partial charge is 0.480 e. The Labute approximate surface area is 187 Å². The number of amides is 1. The molecule has 4 N–H and O–H groups in total. The van der Waals surface area contributed by atoms with Gasteiger partial charge in [0.25, 0.3) is 0 Å². The first-order valence-corrected chi connectivity index (χ1v) is 10.6. The number of nitrogens with one attached hydrogen (secondary N) is 2. The van der Waals surface area contributed by atoms with Crippen molar-refractivity contribution >= 4 is 23.5 Å². The first-order chi connectivity index (χ1) is 15.0. The number of aliphatic carboxylic acids is 1. The van der Waals surface area contributed by atoms with Crippen molar-refractivity contribution in [3.63, 3.8) is 0 Å². The van der Waals surface area contributed by atoms with E-state index in [0.29, 0.717) is 17.0 Å². The van der Waals surface area contributed by atoms with Gasteiger partial charge in [-0.15, -0.1) is 0 Å². The molecular formula is C22H32N2O8. The summed E-state index contributed by atoms with van der Waals surface area (Å²) in [7, 11) is 0. The van der Waals surface area contributed by atoms with Gasteiger partial charge in [0.1, 0.15) is 25.0 Å². The summed E-state index contributed by atoms with van der Waals surface area (Å²) in [5, 5.41) is 24.4. The highest BCUT2D eigenvalue weighted by molar-refractivity contribution is 5.84. The lowest BCUT2D eigenvalue weighted by Gasteiger charge is -2.33. The molecule has 32 heavy (non-hydrogen) atoms. The molecule has 0 aromatic heterocycles. The molecule has 1 aromatic rings. The number of hydrogen-bond donors (Lipinski definition) is 4. The molecule has 10 nitrogen and oxygen atoms in total. The molecule has 0 saturated carbocycles. The first kappa shape index (κ1) is 25.4. The molecule has 0 bridgehead atoms. The van der Waals surface area contributed by atoms with Crippen LogP contribution >= 0.6 is 0 Å². The third kappa shape index (κ3) is 8.01. The Balaban J connectivity index is 2.14. The van der Waals surface area contributed by atoms with Crippen molar-refractivity contribution in [2.45, 2.75) is 71.7 Å². The predicted octanol–water partition coefficient (Wildman–Crippen LogP) is 1.65. The number of benzene rings is 1. The number of anilines is 1. The lowest BCUT2D eigenvalue weighted by atomic mass is 10.0. The summed E-state index contributed by atoms with van der Waals surface area (Å²) in [6.07, 6.45) is -2.66. The predicted molar refractivity (Wildman–Crippen MR) is 115 cm³/mol. The van der Waals surface area contributed by atoms with E-state index in [2.05, 4.69) is 10.6 Å². The van der Waals surface area contributed by atoms with Crippen LogP contribution in [0, 0.1) is 5.92 Å². The highest BCUT2D eigenvalue weighted by Gasteiger charge is 2.34. The Morgan fingerprint density at radius 2 is 1.91 bits per heavy atom. The summed E-state index contributed by atoms with van der Waals surface area (Å²) in [4.78, 5) is 34.6. The Kier molecular flexibility index (Phi) is 9.27. The van der Waals surface area contributed by atoms with Gasteiger partial charge in [0.05, 0.1) is 17.7 Å². The van der Waals surface area contributed by atoms with E-state index in [1.807, 2.05) is 19.9 Å². The van der Waals surface area contributed by atoms with Crippen molar-refractivity contribution in [2.24, 2.45) is 5.92 Å². The molecule has 1 saturated heterocycles. The normalized spacial score (nSPS) is 20.7. The molecule has 0 radical (unpaired) electrons. The number of aliphatic hydroxyl groups excluding tert-OH is 1. The summed E-state index contributed by atoms with van der Waals surface area (Å²) in [5.74, 6) is -1.95. The zero-order valence-electron chi connectivity index (χ0n) is 18.8. The summed E-state index contributed by atoms with van der Waals surface area (Å²) in [5.41, 5.74) is 1.38. The number of ether oxygens (including phenoxy) is 3. The third-order valence-corrected chi connectivity index (χ3v) is 4.57. The van der Waals surface area contributed by atoms with Gasteiger partial charge in [-0.2, -0.15) is 0 Å². The summed E-state index contributed by atoms with van der Waals surface area (Å²) >= 11 is 0. The second-order valence-corrected chi connectivity index (χ2v) is 8.30. The van der Waals surface area contributed by atoms with E-state index in [-0.39, 0.29) is 37.4 Å². The zero-order chi connectivity index (χ0) is 23.8. The van der Waals surface area contributed by atoms with E-state index < -0.39 is 36.9 Å². The third-order valence-electron chi connectivity index (χ3n) is 4.57. The van der Waals surface area contributed by atoms with Crippen molar-refractivity contribution in [1.29, 1.82) is 0 Å². The van der Waals surface area contributed by atoms with Gasteiger partial charge in [-0.25, -0.2) is 0 Å². The summed E-state index contributed by atoms with van der Waals surface area (Å²) < 4.78 is 16.9. The van der Waals surface area contributed by atoms with Crippen LogP contribution in [0.25, 0.3) is 0 Å². The molecule has 1 fully saturated rings. The molecule has 1 heterocycles. The van der Waals surface area contributed by atoms with Gasteiger partial charge < -0.3 is 35.1 Å². The Bertz CT molecular complexity index is 811. The van der Waals surface area contributed by atoms with E-state index >= 15 is 0 Å². The summed E-state index contributed by atoms with van der Waals surface area (Å²) in [6, 6.07) is 5.42. The zero-order valence-corrected chi connectivity index (χ0v) is 18.8. The molecule has 1 amide bonds. The van der Waals surface area contributed by atoms with Crippen LogP contribution < -0.4 is 15.4 Å². The number of carboxylic acids is 1. The van der Waals surface area contributed by atoms with Crippen LogP contribution in [0.4, 0.5) is 5.69 Å². The van der Waals surface area contributed by atoms with Crippen molar-refractivity contribution in [3.8, 4) is 5.75 Å². The first-order valence-electron chi connectivity index (χ1n) is 10.6. The number of aliphatic hydroxyl groups is 1. The Morgan fingerprint density at radius 1 is 1.19 bits per heavy atom. The van der Waals surface area contributed by atoms with Crippen molar-refractivity contribution in [3.05, 3.63) is 23.8 Å². The Morgan fingerprint density at radius 3 is 2.53 bits per heavy atom. The molecule has 0 spiro atoms. The number of carbonyl (C=O) groups excluding carboxylic acids is 2. The number of rotatable bonds is 10. The monoisotopic (exact) mass is 452 g/mol. The van der Waals surface area contributed by atoms with Gasteiger partial charge in [0, 0.05) is 18.9 Å². The second-order valence-electron chi connectivity index (χ2n) is 8.30. The molecule has 10 heteroatoms. The average molecular weight is 453 g/mol. The van der Waals surface area contributed by atoms with E-state index in [1.54, 1.807) is 26.0 Å². The maximum absolute atomic E-state index is 12.2. The van der Waals surface area contributed by atoms with Crippen molar-refractivity contribution in [1.82, 2.24) is 5.32 Å². The van der Waals surface area contributed by atoms with Crippen LogP contribution in [-0.4, -0.2) is 59.1 Å². The Hall–Kier alpha value is -2.85. The minimum Gasteiger partial charge on any atom is -0.480 e. The van der Waals surface area contributed by atoms with E-state index in [4.69, 9.17) is 19.3 Å². The number of carbonyl (C=O) groups is 3. The quantitative estimate of drug-likeness (QED) is 0.390. The molecule has 1 aliphatic heterocycles. The van der Waals surface area contributed by atoms with Crippen molar-refractivity contribution in [2.75, 3.05) is 11.9 Å². The van der Waals surface area contributed by atoms with Gasteiger partial charge in [-0.05, 0) is 31.5 Å². The van der Waals surface area contributed by atoms with E-state index in [9.17, 15) is 19.5 Å². The van der Waals surface area contributed by atoms with Crippen LogP contribution in [0.1, 0.15) is 46.1 Å². The molecule has 3 unspecified atom stereocenters. The number of hydrogen-bond acceptors (Lipinski definition) is 8. The maximum Gasteiger partial charge on any atom is 0.322 e. The smallest absolute Gasteiger partial charge is 0.322 e. The van der Waals surface area contributed by atoms with Crippen LogP contribution in [0.5, 0.6) is 5.75 Å². The molecule has 1 aromatic carbocycles. The fourth-order valence-electron chi connectivity index (χ4n) is 3.03. The standard InChI is InChI=1S/C22H32N2O8/c1-12(2)22(29)30-11-14-5-6-16(24-13(3)4)17(7-14)31-20-9-15(25)8-18(32-20)21(28)23-10-19(26)27/h5-7,12-13,15,18,20,24-25H,8-11H2,1-4H3,(H,23,28)(H,26,27). The molecule has 178 valence electrons. The molecular weight excluding hydrogens is 420 g/mol. The van der Waals surface area contributed by atoms with Gasteiger partial charge in [0.15, 0.2) is 0 Å². The maximum atomic E-state index is 12.2. The lowest BCUT2D eigenvalue weighted by molar-refractivity contribution is -0.184. The molecule has 1 aliphatic rings. The molecule has 2 rings (SSSR count). The SMILES string of the molecule is CC(C)Nc1ccc(COC(=O)C(C)C)cc1OC1CC(O)CC(C(=O)NCC(=O)O)O1. The fraction of sp³-hybridized carbons (Fsp3) is 0.591. The highest BCUT2D eigenvalue weighted by Crippen LogP contribution is 2.31. The minimum absolute atomic E-state index is 0.0353. The van der Waals surface area contributed by atoms with Gasteiger partial charge >= 0.3 is 11.9 Å². The average Bonchev–Trinajstić information content (AvgIpc) is 2.70. The van der Waals surface area contributed by atoms with Crippen molar-refractivity contribution < 1.29 is 38.8 Å². The number of esters is 1. The number of carboxylic acid groups (broad SMARTS) is 1. The van der Waals surface area contributed by atoms with Gasteiger partial charge in [-0.3, -0.25) is 14.4 Å². The van der Waals surface area contributed by atoms with E-state index in [1.165, 1.54) is 0 Å². The molecule has 3 atom stereocenters. The van der Waals surface area contributed by atoms with Crippen LogP contribution in [0.15, 0.2) is 18.2 Å².